The molecule has 1 aromatic carbocycles. The lowest BCUT2D eigenvalue weighted by atomic mass is 10.1. The molecule has 94 valence electrons. The topological polar surface area (TPSA) is 86.5 Å². The van der Waals surface area contributed by atoms with Crippen LogP contribution in [0.4, 0.5) is 5.69 Å². The second-order valence-corrected chi connectivity index (χ2v) is 6.05. The number of ketones is 1. The van der Waals surface area contributed by atoms with E-state index < -0.39 is 9.84 Å². The van der Waals surface area contributed by atoms with Crippen LogP contribution in [0.1, 0.15) is 17.3 Å². The summed E-state index contributed by atoms with van der Waals surface area (Å²) >= 11 is 0. The lowest BCUT2D eigenvalue weighted by Gasteiger charge is -2.09. The summed E-state index contributed by atoms with van der Waals surface area (Å²) in [5.74, 6) is 0.0938. The molecule has 0 radical (unpaired) electrons. The van der Waals surface area contributed by atoms with E-state index in [0.717, 1.165) is 6.26 Å². The van der Waals surface area contributed by atoms with Crippen LogP contribution in [0.5, 0.6) is 5.75 Å². The average Bonchev–Trinajstić information content (AvgIpc) is 2.18. The Labute approximate surface area is 100 Å². The first-order chi connectivity index (χ1) is 7.79. The zero-order chi connectivity index (χ0) is 13.1. The van der Waals surface area contributed by atoms with E-state index in [2.05, 4.69) is 0 Å². The smallest absolute Gasteiger partial charge is 0.163 e. The number of benzene rings is 1. The third-order valence-electron chi connectivity index (χ3n) is 2.09. The van der Waals surface area contributed by atoms with Gasteiger partial charge in [0.2, 0.25) is 0 Å². The molecule has 17 heavy (non-hydrogen) atoms. The zero-order valence-electron chi connectivity index (χ0n) is 9.76. The van der Waals surface area contributed by atoms with Gasteiger partial charge in [-0.1, -0.05) is 0 Å². The molecular formula is C11H15NO4S. The standard InChI is InChI=1S/C11H15NO4S/c1-8(13)10-7-9(12)3-4-11(10)16-5-6-17(2,14)15/h3-4,7H,5-6,12H2,1-2H3. The number of nitrogen functional groups attached to an aromatic ring is 1. The minimum Gasteiger partial charge on any atom is -0.492 e. The number of carbonyl (C=O) groups excluding carboxylic acids is 1. The lowest BCUT2D eigenvalue weighted by molar-refractivity contribution is 0.101. The Morgan fingerprint density at radius 2 is 2.06 bits per heavy atom. The molecule has 6 heteroatoms. The van der Waals surface area contributed by atoms with Crippen LogP contribution in [0.15, 0.2) is 18.2 Å². The molecule has 0 fully saturated rings. The molecule has 1 aromatic rings. The number of hydrogen-bond acceptors (Lipinski definition) is 5. The first-order valence-electron chi connectivity index (χ1n) is 5.00. The van der Waals surface area contributed by atoms with Crippen molar-refractivity contribution in [1.29, 1.82) is 0 Å². The molecule has 1 rings (SSSR count). The Kier molecular flexibility index (Phi) is 4.11. The lowest BCUT2D eigenvalue weighted by Crippen LogP contribution is -2.13. The molecule has 0 atom stereocenters. The van der Waals surface area contributed by atoms with Gasteiger partial charge in [0.05, 0.1) is 11.3 Å². The average molecular weight is 257 g/mol. The van der Waals surface area contributed by atoms with E-state index in [1.807, 2.05) is 0 Å². The van der Waals surface area contributed by atoms with Gasteiger partial charge in [0.15, 0.2) is 15.6 Å². The molecule has 0 aromatic heterocycles. The van der Waals surface area contributed by atoms with Crippen molar-refractivity contribution in [3.63, 3.8) is 0 Å². The van der Waals surface area contributed by atoms with Gasteiger partial charge in [0.1, 0.15) is 12.4 Å². The van der Waals surface area contributed by atoms with E-state index in [4.69, 9.17) is 10.5 Å². The second-order valence-electron chi connectivity index (χ2n) is 3.79. The fourth-order valence-electron chi connectivity index (χ4n) is 1.25. The number of Topliss-reactive ketones (excluding diaryl/α,β-unsaturated/α-hetero) is 1. The van der Waals surface area contributed by atoms with Crippen molar-refractivity contribution in [2.24, 2.45) is 0 Å². The summed E-state index contributed by atoms with van der Waals surface area (Å²) in [4.78, 5) is 11.3. The number of anilines is 1. The van der Waals surface area contributed by atoms with Crippen LogP contribution in [0.3, 0.4) is 0 Å². The second kappa shape index (κ2) is 5.18. The summed E-state index contributed by atoms with van der Waals surface area (Å²) in [7, 11) is -3.07. The first-order valence-corrected chi connectivity index (χ1v) is 7.06. The Morgan fingerprint density at radius 1 is 1.41 bits per heavy atom. The molecular weight excluding hydrogens is 242 g/mol. The highest BCUT2D eigenvalue weighted by molar-refractivity contribution is 7.90. The van der Waals surface area contributed by atoms with Crippen LogP contribution < -0.4 is 10.5 Å². The quantitative estimate of drug-likeness (QED) is 0.625. The SMILES string of the molecule is CC(=O)c1cc(N)ccc1OCCS(C)(=O)=O. The van der Waals surface area contributed by atoms with Crippen LogP contribution >= 0.6 is 0 Å². The van der Waals surface area contributed by atoms with Gasteiger partial charge in [-0.2, -0.15) is 0 Å². The Bertz CT molecular complexity index is 522. The predicted octanol–water partition coefficient (Wildman–Crippen LogP) is 0.895. The van der Waals surface area contributed by atoms with Crippen molar-refractivity contribution >= 4 is 21.3 Å². The third-order valence-corrected chi connectivity index (χ3v) is 3.00. The summed E-state index contributed by atoms with van der Waals surface area (Å²) in [6.07, 6.45) is 1.13. The maximum atomic E-state index is 11.3. The van der Waals surface area contributed by atoms with Crippen molar-refractivity contribution in [3.8, 4) is 5.75 Å². The Balaban J connectivity index is 2.81. The van der Waals surface area contributed by atoms with Crippen molar-refractivity contribution in [1.82, 2.24) is 0 Å². The monoisotopic (exact) mass is 257 g/mol. The number of nitrogens with two attached hydrogens (primary N) is 1. The van der Waals surface area contributed by atoms with Crippen LogP contribution in [0.25, 0.3) is 0 Å². The van der Waals surface area contributed by atoms with E-state index in [1.54, 1.807) is 12.1 Å². The number of sulfone groups is 1. The van der Waals surface area contributed by atoms with E-state index >= 15 is 0 Å². The molecule has 0 heterocycles. The molecule has 0 aliphatic rings. The minimum absolute atomic E-state index is 0.0169. The minimum atomic E-state index is -3.07. The van der Waals surface area contributed by atoms with Crippen molar-refractivity contribution in [3.05, 3.63) is 23.8 Å². The van der Waals surface area contributed by atoms with Gasteiger partial charge in [-0.25, -0.2) is 8.42 Å². The highest BCUT2D eigenvalue weighted by Crippen LogP contribution is 2.21. The van der Waals surface area contributed by atoms with Gasteiger partial charge in [-0.05, 0) is 25.1 Å². The molecule has 0 bridgehead atoms. The number of rotatable bonds is 5. The highest BCUT2D eigenvalue weighted by Gasteiger charge is 2.10. The highest BCUT2D eigenvalue weighted by atomic mass is 32.2. The van der Waals surface area contributed by atoms with Gasteiger partial charge in [0, 0.05) is 11.9 Å². The Morgan fingerprint density at radius 3 is 2.59 bits per heavy atom. The molecule has 5 nitrogen and oxygen atoms in total. The molecule has 0 saturated heterocycles. The van der Waals surface area contributed by atoms with Gasteiger partial charge < -0.3 is 10.5 Å². The van der Waals surface area contributed by atoms with E-state index in [-0.39, 0.29) is 18.1 Å². The summed E-state index contributed by atoms with van der Waals surface area (Å²) < 4.78 is 27.1. The van der Waals surface area contributed by atoms with Crippen LogP contribution in [0.2, 0.25) is 0 Å². The summed E-state index contributed by atoms with van der Waals surface area (Å²) in [5.41, 5.74) is 6.38. The largest absolute Gasteiger partial charge is 0.492 e. The fraction of sp³-hybridized carbons (Fsp3) is 0.364. The maximum Gasteiger partial charge on any atom is 0.163 e. The number of carbonyl (C=O) groups is 1. The van der Waals surface area contributed by atoms with E-state index in [1.165, 1.54) is 13.0 Å². The molecule has 0 aliphatic carbocycles. The molecule has 0 aliphatic heterocycles. The van der Waals surface area contributed by atoms with E-state index in [9.17, 15) is 13.2 Å². The molecule has 0 unspecified atom stereocenters. The molecule has 2 N–H and O–H groups in total. The number of ether oxygens (including phenoxy) is 1. The van der Waals surface area contributed by atoms with Crippen LogP contribution in [0, 0.1) is 0 Å². The van der Waals surface area contributed by atoms with Gasteiger partial charge >= 0.3 is 0 Å². The van der Waals surface area contributed by atoms with Crippen molar-refractivity contribution < 1.29 is 17.9 Å². The fourth-order valence-corrected chi connectivity index (χ4v) is 1.64. The van der Waals surface area contributed by atoms with E-state index in [0.29, 0.717) is 17.0 Å². The molecule has 0 amide bonds. The van der Waals surface area contributed by atoms with Crippen molar-refractivity contribution in [2.75, 3.05) is 24.3 Å². The van der Waals surface area contributed by atoms with Crippen LogP contribution in [-0.4, -0.2) is 32.8 Å². The van der Waals surface area contributed by atoms with Crippen LogP contribution in [-0.2, 0) is 9.84 Å². The predicted molar refractivity (Wildman–Crippen MR) is 66.1 cm³/mol. The molecule has 0 spiro atoms. The Hall–Kier alpha value is -1.56. The normalized spacial score (nSPS) is 11.2. The molecule has 0 saturated carbocycles. The first kappa shape index (κ1) is 13.5. The van der Waals surface area contributed by atoms with Gasteiger partial charge in [-0.3, -0.25) is 4.79 Å². The maximum absolute atomic E-state index is 11.3. The van der Waals surface area contributed by atoms with Gasteiger partial charge in [0.25, 0.3) is 0 Å². The summed E-state index contributed by atoms with van der Waals surface area (Å²) in [6, 6.07) is 4.68. The summed E-state index contributed by atoms with van der Waals surface area (Å²) in [6.45, 7) is 1.42. The third kappa shape index (κ3) is 4.44. The number of hydrogen-bond donors (Lipinski definition) is 1. The van der Waals surface area contributed by atoms with Crippen molar-refractivity contribution in [2.45, 2.75) is 6.92 Å². The zero-order valence-corrected chi connectivity index (χ0v) is 10.6. The van der Waals surface area contributed by atoms with Gasteiger partial charge in [-0.15, -0.1) is 0 Å². The summed E-state index contributed by atoms with van der Waals surface area (Å²) in [5, 5.41) is 0.